The summed E-state index contributed by atoms with van der Waals surface area (Å²) in [4.78, 5) is 0. The van der Waals surface area contributed by atoms with Crippen molar-refractivity contribution in [2.75, 3.05) is 18.8 Å². The lowest BCUT2D eigenvalue weighted by Gasteiger charge is -2.10. The van der Waals surface area contributed by atoms with Gasteiger partial charge in [-0.15, -0.1) is 10.2 Å². The molecule has 6 heteroatoms. The highest BCUT2D eigenvalue weighted by atomic mass is 32.2. The number of hydrogen-bond donors (Lipinski definition) is 2. The van der Waals surface area contributed by atoms with Crippen molar-refractivity contribution < 1.29 is 5.11 Å². The van der Waals surface area contributed by atoms with Crippen LogP contribution in [0.1, 0.15) is 13.3 Å². The van der Waals surface area contributed by atoms with Gasteiger partial charge in [-0.05, 0) is 13.0 Å². The van der Waals surface area contributed by atoms with Crippen LogP contribution in [0.4, 0.5) is 0 Å². The van der Waals surface area contributed by atoms with E-state index in [9.17, 15) is 5.11 Å². The molecule has 1 heterocycles. The second kappa shape index (κ2) is 6.81. The van der Waals surface area contributed by atoms with E-state index < -0.39 is 0 Å². The van der Waals surface area contributed by atoms with Crippen LogP contribution in [0.3, 0.4) is 0 Å². The molecule has 2 N–H and O–H groups in total. The molecule has 1 unspecified atom stereocenters. The van der Waals surface area contributed by atoms with Gasteiger partial charge in [-0.3, -0.25) is 0 Å². The van der Waals surface area contributed by atoms with Gasteiger partial charge in [-0.1, -0.05) is 18.7 Å². The van der Waals surface area contributed by atoms with E-state index in [1.165, 1.54) is 11.8 Å². The number of nitrogens with zero attached hydrogens (tertiary/aromatic N) is 3. The zero-order chi connectivity index (χ0) is 11.1. The summed E-state index contributed by atoms with van der Waals surface area (Å²) < 4.78 is 1.84. The van der Waals surface area contributed by atoms with Gasteiger partial charge in [-0.2, -0.15) is 0 Å². The summed E-state index contributed by atoms with van der Waals surface area (Å²) >= 11 is 1.52. The van der Waals surface area contributed by atoms with E-state index in [1.807, 2.05) is 11.6 Å². The zero-order valence-corrected chi connectivity index (χ0v) is 10.00. The number of rotatable bonds is 7. The molecular weight excluding hydrogens is 212 g/mol. The number of aliphatic hydroxyl groups excluding tert-OH is 1. The van der Waals surface area contributed by atoms with Gasteiger partial charge in [0.2, 0.25) is 0 Å². The molecular formula is C9H18N4OS. The molecule has 1 rings (SSSR count). The fourth-order valence-corrected chi connectivity index (χ4v) is 1.89. The number of aryl methyl sites for hydroxylation is 1. The number of hydrogen-bond acceptors (Lipinski definition) is 5. The first-order valence-corrected chi connectivity index (χ1v) is 6.08. The van der Waals surface area contributed by atoms with Crippen LogP contribution in [0.25, 0.3) is 0 Å². The van der Waals surface area contributed by atoms with Gasteiger partial charge in [0, 0.05) is 19.3 Å². The van der Waals surface area contributed by atoms with Gasteiger partial charge in [0.05, 0.1) is 6.10 Å². The van der Waals surface area contributed by atoms with Gasteiger partial charge < -0.3 is 15.0 Å². The first-order chi connectivity index (χ1) is 7.24. The van der Waals surface area contributed by atoms with Crippen LogP contribution in [-0.2, 0) is 7.05 Å². The average molecular weight is 230 g/mol. The first kappa shape index (κ1) is 12.5. The fourth-order valence-electron chi connectivity index (χ4n) is 1.08. The standard InChI is InChI=1S/C9H18N4OS/c1-3-4-10-5-8(14)6-15-9-12-11-7-13(9)2/h7-8,10,14H,3-6H2,1-2H3. The Morgan fingerprint density at radius 3 is 3.07 bits per heavy atom. The van der Waals surface area contributed by atoms with E-state index in [0.717, 1.165) is 18.1 Å². The summed E-state index contributed by atoms with van der Waals surface area (Å²) in [6.45, 7) is 3.69. The molecule has 1 aromatic heterocycles. The fraction of sp³-hybridized carbons (Fsp3) is 0.778. The highest BCUT2D eigenvalue weighted by molar-refractivity contribution is 7.99. The molecule has 86 valence electrons. The number of aromatic nitrogens is 3. The van der Waals surface area contributed by atoms with E-state index >= 15 is 0 Å². The van der Waals surface area contributed by atoms with Crippen molar-refractivity contribution in [3.05, 3.63) is 6.33 Å². The smallest absolute Gasteiger partial charge is 0.190 e. The molecule has 0 amide bonds. The van der Waals surface area contributed by atoms with Crippen LogP contribution in [0.5, 0.6) is 0 Å². The monoisotopic (exact) mass is 230 g/mol. The highest BCUT2D eigenvalue weighted by Gasteiger charge is 2.07. The summed E-state index contributed by atoms with van der Waals surface area (Å²) in [5.41, 5.74) is 0. The molecule has 0 saturated carbocycles. The van der Waals surface area contributed by atoms with Crippen molar-refractivity contribution in [1.82, 2.24) is 20.1 Å². The molecule has 15 heavy (non-hydrogen) atoms. The molecule has 0 bridgehead atoms. The van der Waals surface area contributed by atoms with E-state index in [0.29, 0.717) is 12.3 Å². The Kier molecular flexibility index (Phi) is 5.67. The molecule has 1 aromatic rings. The van der Waals surface area contributed by atoms with E-state index in [-0.39, 0.29) is 6.10 Å². The van der Waals surface area contributed by atoms with Crippen molar-refractivity contribution in [2.24, 2.45) is 7.05 Å². The van der Waals surface area contributed by atoms with Crippen LogP contribution in [-0.4, -0.2) is 44.8 Å². The summed E-state index contributed by atoms with van der Waals surface area (Å²) in [5, 5.41) is 21.3. The maximum absolute atomic E-state index is 9.62. The summed E-state index contributed by atoms with van der Waals surface area (Å²) in [5.74, 6) is 0.642. The van der Waals surface area contributed by atoms with Crippen molar-refractivity contribution in [1.29, 1.82) is 0 Å². The van der Waals surface area contributed by atoms with Crippen LogP contribution in [0, 0.1) is 0 Å². The maximum atomic E-state index is 9.62. The third kappa shape index (κ3) is 4.63. The molecule has 5 nitrogen and oxygen atoms in total. The van der Waals surface area contributed by atoms with Gasteiger partial charge >= 0.3 is 0 Å². The molecule has 0 radical (unpaired) electrons. The summed E-state index contributed by atoms with van der Waals surface area (Å²) in [6.07, 6.45) is 2.41. The van der Waals surface area contributed by atoms with E-state index in [2.05, 4.69) is 22.4 Å². The van der Waals surface area contributed by atoms with Crippen molar-refractivity contribution in [2.45, 2.75) is 24.6 Å². The minimum Gasteiger partial charge on any atom is -0.391 e. The van der Waals surface area contributed by atoms with Crippen molar-refractivity contribution >= 4 is 11.8 Å². The highest BCUT2D eigenvalue weighted by Crippen LogP contribution is 2.13. The van der Waals surface area contributed by atoms with Crippen LogP contribution in [0.15, 0.2) is 11.5 Å². The maximum Gasteiger partial charge on any atom is 0.190 e. The Bertz CT molecular complexity index is 279. The lowest BCUT2D eigenvalue weighted by Crippen LogP contribution is -2.29. The van der Waals surface area contributed by atoms with Crippen molar-refractivity contribution in [3.8, 4) is 0 Å². The molecule has 0 aliphatic carbocycles. The quantitative estimate of drug-likeness (QED) is 0.520. The summed E-state index contributed by atoms with van der Waals surface area (Å²) in [7, 11) is 1.89. The third-order valence-electron chi connectivity index (χ3n) is 1.88. The van der Waals surface area contributed by atoms with Gasteiger partial charge in [0.1, 0.15) is 6.33 Å². The molecule has 0 saturated heterocycles. The minimum atomic E-state index is -0.335. The molecule has 0 aromatic carbocycles. The predicted octanol–water partition coefficient (Wildman–Crippen LogP) is 0.268. The molecule has 0 aliphatic rings. The third-order valence-corrected chi connectivity index (χ3v) is 3.06. The Labute approximate surface area is 94.3 Å². The van der Waals surface area contributed by atoms with Gasteiger partial charge in [0.25, 0.3) is 0 Å². The topological polar surface area (TPSA) is 63.0 Å². The van der Waals surface area contributed by atoms with E-state index in [4.69, 9.17) is 0 Å². The predicted molar refractivity (Wildman–Crippen MR) is 60.9 cm³/mol. The van der Waals surface area contributed by atoms with Crippen molar-refractivity contribution in [3.63, 3.8) is 0 Å². The largest absolute Gasteiger partial charge is 0.391 e. The number of nitrogens with one attached hydrogen (secondary N) is 1. The Morgan fingerprint density at radius 1 is 1.67 bits per heavy atom. The lowest BCUT2D eigenvalue weighted by molar-refractivity contribution is 0.196. The second-order valence-corrected chi connectivity index (χ2v) is 4.38. The van der Waals surface area contributed by atoms with E-state index in [1.54, 1.807) is 6.33 Å². The number of aliphatic hydroxyl groups is 1. The second-order valence-electron chi connectivity index (χ2n) is 3.39. The lowest BCUT2D eigenvalue weighted by atomic mass is 10.4. The van der Waals surface area contributed by atoms with Gasteiger partial charge in [-0.25, -0.2) is 0 Å². The van der Waals surface area contributed by atoms with Crippen LogP contribution < -0.4 is 5.32 Å². The zero-order valence-electron chi connectivity index (χ0n) is 9.18. The van der Waals surface area contributed by atoms with Gasteiger partial charge in [0.15, 0.2) is 5.16 Å². The SMILES string of the molecule is CCCNCC(O)CSc1nncn1C. The Hall–Kier alpha value is -0.590. The first-order valence-electron chi connectivity index (χ1n) is 5.09. The normalized spacial score (nSPS) is 13.0. The number of thioether (sulfide) groups is 1. The molecule has 0 fully saturated rings. The molecule has 1 atom stereocenters. The minimum absolute atomic E-state index is 0.335. The Balaban J connectivity index is 2.16. The molecule has 0 aliphatic heterocycles. The molecule has 0 spiro atoms. The average Bonchev–Trinajstić information content (AvgIpc) is 2.61. The summed E-state index contributed by atoms with van der Waals surface area (Å²) in [6, 6.07) is 0. The van der Waals surface area contributed by atoms with Crippen LogP contribution >= 0.6 is 11.8 Å². The van der Waals surface area contributed by atoms with Crippen LogP contribution in [0.2, 0.25) is 0 Å². The Morgan fingerprint density at radius 2 is 2.47 bits per heavy atom.